The highest BCUT2D eigenvalue weighted by Gasteiger charge is 2.20. The molecule has 0 bridgehead atoms. The van der Waals surface area contributed by atoms with Gasteiger partial charge in [0, 0.05) is 11.8 Å². The van der Waals surface area contributed by atoms with Crippen LogP contribution in [-0.4, -0.2) is 16.9 Å². The molecule has 0 spiro atoms. The number of halogens is 1. The zero-order valence-corrected chi connectivity index (χ0v) is 11.5. The first kappa shape index (κ1) is 13.0. The maximum Gasteiger partial charge on any atom is 0.165 e. The van der Waals surface area contributed by atoms with Crippen molar-refractivity contribution in [3.63, 3.8) is 0 Å². The van der Waals surface area contributed by atoms with Gasteiger partial charge in [0.1, 0.15) is 5.69 Å². The van der Waals surface area contributed by atoms with E-state index >= 15 is 0 Å². The van der Waals surface area contributed by atoms with Crippen LogP contribution >= 0.6 is 0 Å². The van der Waals surface area contributed by atoms with Gasteiger partial charge in [-0.3, -0.25) is 4.68 Å². The highest BCUT2D eigenvalue weighted by Crippen LogP contribution is 2.33. The van der Waals surface area contributed by atoms with Crippen LogP contribution in [0.1, 0.15) is 31.7 Å². The van der Waals surface area contributed by atoms with Crippen LogP contribution in [0.3, 0.4) is 0 Å². The monoisotopic (exact) mass is 275 g/mol. The minimum absolute atomic E-state index is 0.225. The summed E-state index contributed by atoms with van der Waals surface area (Å²) in [7, 11) is 1.45. The van der Waals surface area contributed by atoms with E-state index in [1.165, 1.54) is 26.0 Å². The van der Waals surface area contributed by atoms with Gasteiger partial charge in [0.25, 0.3) is 0 Å². The predicted molar refractivity (Wildman–Crippen MR) is 76.1 cm³/mol. The zero-order chi connectivity index (χ0) is 14.1. The predicted octanol–water partition coefficient (Wildman–Crippen LogP) is 3.40. The van der Waals surface area contributed by atoms with E-state index < -0.39 is 5.82 Å². The van der Waals surface area contributed by atoms with Gasteiger partial charge < -0.3 is 10.5 Å². The number of nitrogens with zero attached hydrogens (tertiary/aromatic N) is 2. The van der Waals surface area contributed by atoms with Crippen LogP contribution in [0.15, 0.2) is 24.4 Å². The summed E-state index contributed by atoms with van der Waals surface area (Å²) >= 11 is 0. The van der Waals surface area contributed by atoms with Crippen molar-refractivity contribution in [1.29, 1.82) is 0 Å². The lowest BCUT2D eigenvalue weighted by Crippen LogP contribution is -2.04. The zero-order valence-electron chi connectivity index (χ0n) is 11.5. The molecule has 20 heavy (non-hydrogen) atoms. The van der Waals surface area contributed by atoms with Crippen molar-refractivity contribution in [3.05, 3.63) is 30.2 Å². The van der Waals surface area contributed by atoms with Crippen LogP contribution in [0.25, 0.3) is 11.3 Å². The Bertz CT molecular complexity index is 618. The molecule has 0 amide bonds. The number of hydrogen-bond donors (Lipinski definition) is 1. The first-order valence-corrected chi connectivity index (χ1v) is 6.87. The average molecular weight is 275 g/mol. The van der Waals surface area contributed by atoms with E-state index in [-0.39, 0.29) is 5.75 Å². The molecular weight excluding hydrogens is 257 g/mol. The van der Waals surface area contributed by atoms with Gasteiger partial charge in [0.2, 0.25) is 0 Å². The van der Waals surface area contributed by atoms with Crippen molar-refractivity contribution in [2.45, 2.75) is 31.7 Å². The Morgan fingerprint density at radius 3 is 2.75 bits per heavy atom. The van der Waals surface area contributed by atoms with Crippen LogP contribution in [0.2, 0.25) is 0 Å². The summed E-state index contributed by atoms with van der Waals surface area (Å²) in [5.74, 6) is -0.178. The summed E-state index contributed by atoms with van der Waals surface area (Å²) in [6, 6.07) is 5.21. The molecule has 0 aliphatic heterocycles. The number of rotatable bonds is 3. The van der Waals surface area contributed by atoms with Crippen molar-refractivity contribution in [2.24, 2.45) is 0 Å². The lowest BCUT2D eigenvalue weighted by molar-refractivity contribution is 0.386. The Morgan fingerprint density at radius 2 is 2.10 bits per heavy atom. The molecule has 1 heterocycles. The molecule has 106 valence electrons. The molecule has 1 aromatic heterocycles. The van der Waals surface area contributed by atoms with Crippen LogP contribution in [-0.2, 0) is 0 Å². The summed E-state index contributed by atoms with van der Waals surface area (Å²) in [6.45, 7) is 0. The molecule has 2 N–H and O–H groups in total. The summed E-state index contributed by atoms with van der Waals surface area (Å²) in [4.78, 5) is 0. The minimum atomic E-state index is -0.403. The molecule has 1 aliphatic carbocycles. The fourth-order valence-corrected chi connectivity index (χ4v) is 2.80. The summed E-state index contributed by atoms with van der Waals surface area (Å²) in [5, 5.41) is 4.54. The van der Waals surface area contributed by atoms with Crippen molar-refractivity contribution in [3.8, 4) is 17.0 Å². The fourth-order valence-electron chi connectivity index (χ4n) is 2.80. The van der Waals surface area contributed by atoms with E-state index in [9.17, 15) is 4.39 Å². The van der Waals surface area contributed by atoms with Crippen molar-refractivity contribution in [1.82, 2.24) is 9.78 Å². The Labute approximate surface area is 117 Å². The highest BCUT2D eigenvalue weighted by atomic mass is 19.1. The van der Waals surface area contributed by atoms with E-state index in [0.717, 1.165) is 12.8 Å². The topological polar surface area (TPSA) is 53.1 Å². The molecule has 0 atom stereocenters. The normalized spacial score (nSPS) is 15.7. The Morgan fingerprint density at radius 1 is 1.35 bits per heavy atom. The Balaban J connectivity index is 1.95. The maximum atomic E-state index is 13.8. The highest BCUT2D eigenvalue weighted by molar-refractivity contribution is 5.72. The molecule has 0 unspecified atom stereocenters. The number of hydrogen-bond acceptors (Lipinski definition) is 3. The van der Waals surface area contributed by atoms with E-state index in [0.29, 0.717) is 23.0 Å². The molecule has 0 saturated heterocycles. The Kier molecular flexibility index (Phi) is 3.34. The molecule has 2 aromatic rings. The maximum absolute atomic E-state index is 13.8. The van der Waals surface area contributed by atoms with Crippen molar-refractivity contribution < 1.29 is 9.13 Å². The number of aromatic nitrogens is 2. The fraction of sp³-hybridized carbons (Fsp3) is 0.400. The summed E-state index contributed by atoms with van der Waals surface area (Å²) in [5.41, 5.74) is 7.93. The molecule has 5 heteroatoms. The first-order valence-electron chi connectivity index (χ1n) is 6.87. The molecule has 1 fully saturated rings. The second kappa shape index (κ2) is 5.15. The van der Waals surface area contributed by atoms with Gasteiger partial charge >= 0.3 is 0 Å². The van der Waals surface area contributed by atoms with Crippen LogP contribution in [0, 0.1) is 5.82 Å². The van der Waals surface area contributed by atoms with E-state index in [4.69, 9.17) is 10.5 Å². The van der Waals surface area contributed by atoms with Gasteiger partial charge in [-0.2, -0.15) is 5.10 Å². The number of anilines is 1. The molecule has 4 nitrogen and oxygen atoms in total. The van der Waals surface area contributed by atoms with Crippen LogP contribution < -0.4 is 10.5 Å². The Hall–Kier alpha value is -2.04. The number of nitrogen functional groups attached to an aromatic ring is 1. The van der Waals surface area contributed by atoms with Gasteiger partial charge in [-0.25, -0.2) is 4.39 Å². The third kappa shape index (κ3) is 2.24. The number of ether oxygens (including phenoxy) is 1. The summed E-state index contributed by atoms with van der Waals surface area (Å²) in [6.07, 6.45) is 6.59. The number of nitrogens with two attached hydrogens (primary N) is 1. The van der Waals surface area contributed by atoms with Gasteiger partial charge in [-0.15, -0.1) is 0 Å². The molecule has 0 radical (unpaired) electrons. The van der Waals surface area contributed by atoms with E-state index in [2.05, 4.69) is 5.10 Å². The SMILES string of the molecule is COc1ccc(-c2nn(C3CCCC3)cc2N)cc1F. The molecule has 1 aromatic carbocycles. The first-order chi connectivity index (χ1) is 9.69. The third-order valence-corrected chi connectivity index (χ3v) is 3.88. The van der Waals surface area contributed by atoms with Crippen LogP contribution in [0.5, 0.6) is 5.75 Å². The van der Waals surface area contributed by atoms with Crippen LogP contribution in [0.4, 0.5) is 10.1 Å². The van der Waals surface area contributed by atoms with Gasteiger partial charge in [0.15, 0.2) is 11.6 Å². The lowest BCUT2D eigenvalue weighted by Gasteiger charge is -2.08. The number of benzene rings is 1. The van der Waals surface area contributed by atoms with Crippen molar-refractivity contribution >= 4 is 5.69 Å². The summed E-state index contributed by atoms with van der Waals surface area (Å²) < 4.78 is 20.6. The standard InChI is InChI=1S/C15H18FN3O/c1-20-14-7-6-10(8-12(14)16)15-13(17)9-19(18-15)11-4-2-3-5-11/h6-9,11H,2-5,17H2,1H3. The van der Waals surface area contributed by atoms with E-state index in [1.807, 2.05) is 10.9 Å². The smallest absolute Gasteiger partial charge is 0.165 e. The molecular formula is C15H18FN3O. The quantitative estimate of drug-likeness (QED) is 0.934. The minimum Gasteiger partial charge on any atom is -0.494 e. The largest absolute Gasteiger partial charge is 0.494 e. The van der Waals surface area contributed by atoms with Crippen molar-refractivity contribution in [2.75, 3.05) is 12.8 Å². The second-order valence-corrected chi connectivity index (χ2v) is 5.20. The third-order valence-electron chi connectivity index (χ3n) is 3.88. The van der Waals surface area contributed by atoms with Gasteiger partial charge in [-0.05, 0) is 31.0 Å². The molecule has 1 saturated carbocycles. The van der Waals surface area contributed by atoms with E-state index in [1.54, 1.807) is 12.1 Å². The lowest BCUT2D eigenvalue weighted by atomic mass is 10.1. The average Bonchev–Trinajstić information content (AvgIpc) is 3.07. The second-order valence-electron chi connectivity index (χ2n) is 5.20. The molecule has 1 aliphatic rings. The van der Waals surface area contributed by atoms with Gasteiger partial charge in [-0.1, -0.05) is 12.8 Å². The molecule has 3 rings (SSSR count). The van der Waals surface area contributed by atoms with Gasteiger partial charge in [0.05, 0.1) is 18.8 Å². The number of methoxy groups -OCH3 is 1.